The van der Waals surface area contributed by atoms with Gasteiger partial charge in [-0.15, -0.1) is 5.11 Å². The highest BCUT2D eigenvalue weighted by Gasteiger charge is 2.27. The zero-order chi connectivity index (χ0) is 9.54. The predicted octanol–water partition coefficient (Wildman–Crippen LogP) is 2.26. The van der Waals surface area contributed by atoms with E-state index in [1.54, 1.807) is 12.1 Å². The van der Waals surface area contributed by atoms with E-state index in [1.807, 2.05) is 12.1 Å². The van der Waals surface area contributed by atoms with Gasteiger partial charge < -0.3 is 0 Å². The van der Waals surface area contributed by atoms with Gasteiger partial charge in [-0.2, -0.15) is 5.11 Å². The number of carbonyl (C=O) groups is 1. The number of rotatable bonds is 0. The molecule has 0 saturated heterocycles. The average molecular weight is 183 g/mol. The van der Waals surface area contributed by atoms with Crippen molar-refractivity contribution in [2.24, 2.45) is 15.2 Å². The van der Waals surface area contributed by atoms with Gasteiger partial charge in [-0.05, 0) is 12.1 Å². The molecule has 2 aliphatic heterocycles. The lowest BCUT2D eigenvalue weighted by Crippen LogP contribution is -2.13. The van der Waals surface area contributed by atoms with Crippen LogP contribution in [0.15, 0.2) is 51.3 Å². The molecule has 3 rings (SSSR count). The Morgan fingerprint density at radius 2 is 2.00 bits per heavy atom. The van der Waals surface area contributed by atoms with Gasteiger partial charge >= 0.3 is 0 Å². The normalized spacial score (nSPS) is 17.3. The molecule has 0 amide bonds. The first-order chi connectivity index (χ1) is 6.86. The van der Waals surface area contributed by atoms with Crippen LogP contribution in [0, 0.1) is 0 Å². The Hall–Kier alpha value is -2.10. The maximum Gasteiger partial charge on any atom is 0.200 e. The zero-order valence-electron chi connectivity index (χ0n) is 7.14. The molecule has 2 aliphatic rings. The Morgan fingerprint density at radius 1 is 1.14 bits per heavy atom. The molecule has 14 heavy (non-hydrogen) atoms. The second-order valence-corrected chi connectivity index (χ2v) is 3.04. The molecule has 1 aromatic rings. The van der Waals surface area contributed by atoms with Crippen LogP contribution in [-0.4, -0.2) is 11.6 Å². The molecule has 0 bridgehead atoms. The Bertz CT molecular complexity index is 526. The van der Waals surface area contributed by atoms with Crippen LogP contribution in [0.5, 0.6) is 0 Å². The van der Waals surface area contributed by atoms with E-state index in [4.69, 9.17) is 0 Å². The number of carbonyl (C=O) groups excluding carboxylic acids is 1. The summed E-state index contributed by atoms with van der Waals surface area (Å²) in [6.07, 6.45) is 1.46. The van der Waals surface area contributed by atoms with Crippen molar-refractivity contribution in [1.82, 2.24) is 0 Å². The van der Waals surface area contributed by atoms with Crippen molar-refractivity contribution in [3.05, 3.63) is 41.6 Å². The lowest BCUT2D eigenvalue weighted by molar-refractivity contribution is 0.104. The fourth-order valence-electron chi connectivity index (χ4n) is 1.52. The van der Waals surface area contributed by atoms with E-state index in [1.165, 1.54) is 6.20 Å². The quantitative estimate of drug-likeness (QED) is 0.608. The van der Waals surface area contributed by atoms with Gasteiger partial charge in [0.2, 0.25) is 5.78 Å². The summed E-state index contributed by atoms with van der Waals surface area (Å²) in [6, 6.07) is 7.22. The van der Waals surface area contributed by atoms with E-state index in [0.29, 0.717) is 22.7 Å². The van der Waals surface area contributed by atoms with Crippen LogP contribution in [-0.2, 0) is 0 Å². The van der Waals surface area contributed by atoms with Crippen molar-refractivity contribution >= 4 is 17.3 Å². The highest BCUT2D eigenvalue weighted by Crippen LogP contribution is 2.30. The number of amidine groups is 1. The van der Waals surface area contributed by atoms with Gasteiger partial charge in [0, 0.05) is 5.56 Å². The SMILES string of the molecule is O=C1C2=CN=NC2=Nc2ccccc21. The van der Waals surface area contributed by atoms with Crippen LogP contribution in [0.2, 0.25) is 0 Å². The maximum absolute atomic E-state index is 11.8. The predicted molar refractivity (Wildman–Crippen MR) is 50.8 cm³/mol. The van der Waals surface area contributed by atoms with Crippen LogP contribution >= 0.6 is 0 Å². The molecule has 0 fully saturated rings. The number of nitrogens with zero attached hydrogens (tertiary/aromatic N) is 3. The molecule has 0 N–H and O–H groups in total. The van der Waals surface area contributed by atoms with Gasteiger partial charge in [0.25, 0.3) is 0 Å². The third kappa shape index (κ3) is 0.821. The summed E-state index contributed by atoms with van der Waals surface area (Å²) >= 11 is 0. The summed E-state index contributed by atoms with van der Waals surface area (Å²) in [5, 5.41) is 7.44. The summed E-state index contributed by atoms with van der Waals surface area (Å²) in [5.41, 5.74) is 1.78. The van der Waals surface area contributed by atoms with Gasteiger partial charge in [0.1, 0.15) is 0 Å². The summed E-state index contributed by atoms with van der Waals surface area (Å²) in [5.74, 6) is 0.379. The molecule has 66 valence electrons. The van der Waals surface area contributed by atoms with Crippen molar-refractivity contribution < 1.29 is 4.79 Å². The molecular weight excluding hydrogens is 178 g/mol. The molecule has 1 aromatic carbocycles. The van der Waals surface area contributed by atoms with Crippen molar-refractivity contribution in [3.63, 3.8) is 0 Å². The minimum Gasteiger partial charge on any atom is -0.288 e. The second-order valence-electron chi connectivity index (χ2n) is 3.04. The molecule has 0 atom stereocenters. The number of benzene rings is 1. The van der Waals surface area contributed by atoms with Gasteiger partial charge in [0.05, 0.1) is 17.5 Å². The number of hydrogen-bond donors (Lipinski definition) is 0. The number of aliphatic imine (C=N–C) groups is 1. The molecular formula is C10H5N3O. The van der Waals surface area contributed by atoms with E-state index >= 15 is 0 Å². The maximum atomic E-state index is 11.8. The smallest absolute Gasteiger partial charge is 0.200 e. The molecule has 0 radical (unpaired) electrons. The van der Waals surface area contributed by atoms with E-state index in [0.717, 1.165) is 0 Å². The highest BCUT2D eigenvalue weighted by atomic mass is 16.1. The minimum atomic E-state index is -0.0457. The molecule has 2 heterocycles. The largest absolute Gasteiger partial charge is 0.288 e. The molecule has 0 aliphatic carbocycles. The topological polar surface area (TPSA) is 54.1 Å². The fraction of sp³-hybridized carbons (Fsp3) is 0. The number of ketones is 1. The summed E-state index contributed by atoms with van der Waals surface area (Å²) in [6.45, 7) is 0. The fourth-order valence-corrected chi connectivity index (χ4v) is 1.52. The van der Waals surface area contributed by atoms with E-state index in [9.17, 15) is 4.79 Å². The average Bonchev–Trinajstić information content (AvgIpc) is 2.66. The Balaban J connectivity index is 2.31. The van der Waals surface area contributed by atoms with E-state index in [2.05, 4.69) is 15.2 Å². The number of fused-ring (bicyclic) bond motifs is 2. The monoisotopic (exact) mass is 183 g/mol. The lowest BCUT2D eigenvalue weighted by atomic mass is 9.99. The standard InChI is InChI=1S/C10H5N3O/c14-9-6-3-1-2-4-8(6)12-10-7(9)5-11-13-10/h1-5H. The number of hydrogen-bond acceptors (Lipinski definition) is 4. The van der Waals surface area contributed by atoms with Crippen LogP contribution < -0.4 is 0 Å². The van der Waals surface area contributed by atoms with Crippen LogP contribution in [0.4, 0.5) is 5.69 Å². The van der Waals surface area contributed by atoms with Gasteiger partial charge in [-0.25, -0.2) is 4.99 Å². The van der Waals surface area contributed by atoms with E-state index < -0.39 is 0 Å². The van der Waals surface area contributed by atoms with E-state index in [-0.39, 0.29) is 5.78 Å². The van der Waals surface area contributed by atoms with Crippen molar-refractivity contribution in [3.8, 4) is 0 Å². The minimum absolute atomic E-state index is 0.0457. The first-order valence-electron chi connectivity index (χ1n) is 4.20. The van der Waals surface area contributed by atoms with Gasteiger partial charge in [0.15, 0.2) is 5.84 Å². The van der Waals surface area contributed by atoms with Gasteiger partial charge in [-0.3, -0.25) is 4.79 Å². The Morgan fingerprint density at radius 3 is 2.93 bits per heavy atom. The first-order valence-corrected chi connectivity index (χ1v) is 4.20. The second kappa shape index (κ2) is 2.45. The summed E-state index contributed by atoms with van der Waals surface area (Å²) < 4.78 is 0. The molecule has 0 spiro atoms. The third-order valence-electron chi connectivity index (χ3n) is 2.20. The number of para-hydroxylation sites is 1. The summed E-state index contributed by atoms with van der Waals surface area (Å²) in [4.78, 5) is 16.1. The zero-order valence-corrected chi connectivity index (χ0v) is 7.14. The summed E-state index contributed by atoms with van der Waals surface area (Å²) in [7, 11) is 0. The highest BCUT2D eigenvalue weighted by molar-refractivity contribution is 6.32. The molecule has 0 saturated carbocycles. The molecule has 0 aromatic heterocycles. The van der Waals surface area contributed by atoms with Crippen molar-refractivity contribution in [1.29, 1.82) is 0 Å². The number of azo groups is 1. The lowest BCUT2D eigenvalue weighted by Gasteiger charge is -2.10. The third-order valence-corrected chi connectivity index (χ3v) is 2.20. The van der Waals surface area contributed by atoms with Gasteiger partial charge in [-0.1, -0.05) is 12.1 Å². The van der Waals surface area contributed by atoms with Crippen LogP contribution in [0.3, 0.4) is 0 Å². The Kier molecular flexibility index (Phi) is 1.28. The first kappa shape index (κ1) is 7.32. The molecule has 4 heteroatoms. The van der Waals surface area contributed by atoms with Crippen LogP contribution in [0.25, 0.3) is 0 Å². The van der Waals surface area contributed by atoms with Crippen molar-refractivity contribution in [2.75, 3.05) is 0 Å². The molecule has 0 unspecified atom stereocenters. The number of Topliss-reactive ketones (excluding diaryl/α,β-unsaturated/α-hetero) is 1. The van der Waals surface area contributed by atoms with Crippen molar-refractivity contribution in [2.45, 2.75) is 0 Å². The van der Waals surface area contributed by atoms with Crippen LogP contribution in [0.1, 0.15) is 10.4 Å². The Labute approximate surface area is 79.7 Å². The molecule has 4 nitrogen and oxygen atoms in total.